The zero-order chi connectivity index (χ0) is 13.2. The quantitative estimate of drug-likeness (QED) is 0.847. The third-order valence-electron chi connectivity index (χ3n) is 2.98. The number of nitrogens with zero attached hydrogens (tertiary/aromatic N) is 1. The number of aromatic hydroxyl groups is 1. The molecule has 0 atom stereocenters. The number of unbranched alkanes of at least 4 members (excludes halogenated alkanes) is 2. The number of fused-ring (bicyclic) bond motifs is 1. The molecule has 0 aliphatic rings. The van der Waals surface area contributed by atoms with Gasteiger partial charge in [0, 0.05) is 11.6 Å². The van der Waals surface area contributed by atoms with Gasteiger partial charge in [0.05, 0.1) is 11.3 Å². The molecule has 0 saturated heterocycles. The highest BCUT2D eigenvalue weighted by Crippen LogP contribution is 2.26. The largest absolute Gasteiger partial charge is 0.507 e. The Morgan fingerprint density at radius 2 is 2.00 bits per heavy atom. The molecule has 2 rings (SSSR count). The second kappa shape index (κ2) is 5.02. The molecule has 1 aromatic carbocycles. The van der Waals surface area contributed by atoms with Gasteiger partial charge < -0.3 is 5.11 Å². The van der Waals surface area contributed by atoms with E-state index in [2.05, 4.69) is 0 Å². The van der Waals surface area contributed by atoms with E-state index in [0.717, 1.165) is 12.8 Å². The van der Waals surface area contributed by atoms with E-state index in [0.29, 0.717) is 17.3 Å². The molecule has 18 heavy (non-hydrogen) atoms. The Morgan fingerprint density at radius 3 is 2.72 bits per heavy atom. The van der Waals surface area contributed by atoms with Gasteiger partial charge in [-0.1, -0.05) is 25.8 Å². The van der Waals surface area contributed by atoms with Crippen molar-refractivity contribution < 1.29 is 13.5 Å². The minimum Gasteiger partial charge on any atom is -0.507 e. The first-order valence-electron chi connectivity index (χ1n) is 6.08. The molecule has 1 aromatic heterocycles. The third kappa shape index (κ3) is 2.36. The van der Waals surface area contributed by atoms with Gasteiger partial charge in [0.15, 0.2) is 0 Å². The van der Waals surface area contributed by atoms with E-state index < -0.39 is 10.0 Å². The van der Waals surface area contributed by atoms with Crippen LogP contribution >= 0.6 is 0 Å². The first-order chi connectivity index (χ1) is 8.56. The minimum absolute atomic E-state index is 0.106. The highest BCUT2D eigenvalue weighted by molar-refractivity contribution is 7.90. The molecule has 0 amide bonds. The normalized spacial score (nSPS) is 12.1. The summed E-state index contributed by atoms with van der Waals surface area (Å²) in [7, 11) is -3.33. The van der Waals surface area contributed by atoms with Gasteiger partial charge in [-0.05, 0) is 24.6 Å². The highest BCUT2D eigenvalue weighted by atomic mass is 32.2. The van der Waals surface area contributed by atoms with E-state index in [9.17, 15) is 13.5 Å². The topological polar surface area (TPSA) is 59.3 Å². The van der Waals surface area contributed by atoms with Gasteiger partial charge in [-0.25, -0.2) is 12.4 Å². The monoisotopic (exact) mass is 267 g/mol. The molecule has 1 N–H and O–H groups in total. The van der Waals surface area contributed by atoms with Crippen LogP contribution in [0, 0.1) is 0 Å². The van der Waals surface area contributed by atoms with Crippen LogP contribution in [-0.4, -0.2) is 23.2 Å². The summed E-state index contributed by atoms with van der Waals surface area (Å²) >= 11 is 0. The lowest BCUT2D eigenvalue weighted by molar-refractivity contribution is 0.481. The Kier molecular flexibility index (Phi) is 3.61. The molecular formula is C13H17NO3S. The SMILES string of the molecule is CCCCCS(=O)(=O)n1ccc2c(O)cccc21. The van der Waals surface area contributed by atoms with E-state index in [4.69, 9.17) is 0 Å². The Hall–Kier alpha value is -1.49. The zero-order valence-corrected chi connectivity index (χ0v) is 11.2. The average molecular weight is 267 g/mol. The number of aromatic nitrogens is 1. The van der Waals surface area contributed by atoms with E-state index in [1.165, 1.54) is 10.2 Å². The second-order valence-electron chi connectivity index (χ2n) is 4.34. The van der Waals surface area contributed by atoms with Gasteiger partial charge >= 0.3 is 0 Å². The Bertz CT molecular complexity index is 643. The molecule has 0 aliphatic carbocycles. The number of phenols is 1. The van der Waals surface area contributed by atoms with Gasteiger partial charge in [-0.2, -0.15) is 0 Å². The van der Waals surface area contributed by atoms with E-state index in [1.54, 1.807) is 24.3 Å². The average Bonchev–Trinajstić information content (AvgIpc) is 2.75. The molecule has 0 spiro atoms. The van der Waals surface area contributed by atoms with Crippen molar-refractivity contribution >= 4 is 20.9 Å². The van der Waals surface area contributed by atoms with Crippen LogP contribution in [0.5, 0.6) is 5.75 Å². The van der Waals surface area contributed by atoms with Crippen molar-refractivity contribution in [1.29, 1.82) is 0 Å². The fourth-order valence-electron chi connectivity index (χ4n) is 2.00. The molecule has 1 heterocycles. The second-order valence-corrected chi connectivity index (χ2v) is 6.31. The summed E-state index contributed by atoms with van der Waals surface area (Å²) in [5, 5.41) is 10.2. The van der Waals surface area contributed by atoms with Gasteiger partial charge in [0.1, 0.15) is 5.75 Å². The molecule has 0 bridgehead atoms. The maximum absolute atomic E-state index is 12.2. The van der Waals surface area contributed by atoms with Crippen LogP contribution in [0.3, 0.4) is 0 Å². The third-order valence-corrected chi connectivity index (χ3v) is 4.70. The van der Waals surface area contributed by atoms with Crippen LogP contribution < -0.4 is 0 Å². The van der Waals surface area contributed by atoms with Crippen molar-refractivity contribution in [2.75, 3.05) is 5.75 Å². The summed E-state index contributed by atoms with van der Waals surface area (Å²) in [6, 6.07) is 6.53. The lowest BCUT2D eigenvalue weighted by Gasteiger charge is -2.07. The van der Waals surface area contributed by atoms with Crippen LogP contribution in [-0.2, 0) is 10.0 Å². The van der Waals surface area contributed by atoms with Gasteiger partial charge in [0.25, 0.3) is 0 Å². The molecule has 2 aromatic rings. The number of phenolic OH excluding ortho intramolecular Hbond substituents is 1. The summed E-state index contributed by atoms with van der Waals surface area (Å²) in [5.74, 6) is 0.246. The molecule has 0 saturated carbocycles. The van der Waals surface area contributed by atoms with Crippen molar-refractivity contribution in [3.05, 3.63) is 30.5 Å². The lowest BCUT2D eigenvalue weighted by atomic mass is 10.2. The molecule has 0 unspecified atom stereocenters. The molecule has 0 radical (unpaired) electrons. The van der Waals surface area contributed by atoms with Crippen molar-refractivity contribution in [2.24, 2.45) is 0 Å². The highest BCUT2D eigenvalue weighted by Gasteiger charge is 2.16. The fourth-order valence-corrected chi connectivity index (χ4v) is 3.47. The lowest BCUT2D eigenvalue weighted by Crippen LogP contribution is -2.15. The van der Waals surface area contributed by atoms with E-state index >= 15 is 0 Å². The number of hydrogen-bond acceptors (Lipinski definition) is 3. The summed E-state index contributed by atoms with van der Waals surface area (Å²) in [6.45, 7) is 2.04. The first-order valence-corrected chi connectivity index (χ1v) is 7.69. The van der Waals surface area contributed by atoms with Crippen LogP contribution in [0.25, 0.3) is 10.9 Å². The number of benzene rings is 1. The van der Waals surface area contributed by atoms with Crippen molar-refractivity contribution in [2.45, 2.75) is 26.2 Å². The number of hydrogen-bond donors (Lipinski definition) is 1. The van der Waals surface area contributed by atoms with Crippen LogP contribution in [0.15, 0.2) is 30.5 Å². The molecule has 0 fully saturated rings. The summed E-state index contributed by atoms with van der Waals surface area (Å²) in [5.41, 5.74) is 0.534. The molecule has 0 aliphatic heterocycles. The summed E-state index contributed by atoms with van der Waals surface area (Å²) in [6.07, 6.45) is 4.06. The molecule has 98 valence electrons. The Labute approximate surface area is 107 Å². The number of rotatable bonds is 5. The summed E-state index contributed by atoms with van der Waals surface area (Å²) in [4.78, 5) is 0. The fraction of sp³-hybridized carbons (Fsp3) is 0.385. The standard InChI is InChI=1S/C13H17NO3S/c1-2-3-4-10-18(16,17)14-9-8-11-12(14)6-5-7-13(11)15/h5-9,15H,2-4,10H2,1H3. The smallest absolute Gasteiger partial charge is 0.238 e. The zero-order valence-electron chi connectivity index (χ0n) is 10.3. The van der Waals surface area contributed by atoms with Gasteiger partial charge in [-0.15, -0.1) is 0 Å². The molecule has 4 nitrogen and oxygen atoms in total. The van der Waals surface area contributed by atoms with Crippen LogP contribution in [0.4, 0.5) is 0 Å². The minimum atomic E-state index is -3.33. The molecular weight excluding hydrogens is 250 g/mol. The predicted octanol–water partition coefficient (Wildman–Crippen LogP) is 2.72. The maximum Gasteiger partial charge on any atom is 0.238 e. The van der Waals surface area contributed by atoms with Crippen LogP contribution in [0.1, 0.15) is 26.2 Å². The van der Waals surface area contributed by atoms with Crippen molar-refractivity contribution in [3.63, 3.8) is 0 Å². The van der Waals surface area contributed by atoms with Crippen LogP contribution in [0.2, 0.25) is 0 Å². The van der Waals surface area contributed by atoms with Crippen molar-refractivity contribution in [1.82, 2.24) is 3.97 Å². The van der Waals surface area contributed by atoms with E-state index in [1.807, 2.05) is 6.92 Å². The van der Waals surface area contributed by atoms with E-state index in [-0.39, 0.29) is 11.5 Å². The Morgan fingerprint density at radius 1 is 1.22 bits per heavy atom. The molecule has 5 heteroatoms. The van der Waals surface area contributed by atoms with Crippen molar-refractivity contribution in [3.8, 4) is 5.75 Å². The van der Waals surface area contributed by atoms with Gasteiger partial charge in [-0.3, -0.25) is 0 Å². The maximum atomic E-state index is 12.2. The van der Waals surface area contributed by atoms with Gasteiger partial charge in [0.2, 0.25) is 10.0 Å². The predicted molar refractivity (Wildman–Crippen MR) is 72.3 cm³/mol. The first kappa shape index (κ1) is 13.0. The summed E-state index contributed by atoms with van der Waals surface area (Å²) < 4.78 is 25.6. The Balaban J connectivity index is 2.39.